The lowest BCUT2D eigenvalue weighted by Crippen LogP contribution is -2.52. The van der Waals surface area contributed by atoms with Gasteiger partial charge in [0.25, 0.3) is 0 Å². The number of ketones is 1. The van der Waals surface area contributed by atoms with E-state index in [1.165, 1.54) is 0 Å². The summed E-state index contributed by atoms with van der Waals surface area (Å²) < 4.78 is 26.6. The largest absolute Gasteiger partial charge is 0.411 e. The van der Waals surface area contributed by atoms with Gasteiger partial charge in [-0.25, -0.2) is 0 Å². The summed E-state index contributed by atoms with van der Waals surface area (Å²) in [6.45, 7) is 25.8. The van der Waals surface area contributed by atoms with Crippen LogP contribution >= 0.6 is 0 Å². The van der Waals surface area contributed by atoms with E-state index < -0.39 is 32.2 Å². The van der Waals surface area contributed by atoms with Gasteiger partial charge in [0.1, 0.15) is 0 Å². The molecule has 11 heteroatoms. The predicted molar refractivity (Wildman–Crippen MR) is 231 cm³/mol. The molecule has 3 aliphatic heterocycles. The first-order chi connectivity index (χ1) is 26.6. The fraction of sp³-hybridized carbons (Fsp3) is 0.848. The van der Waals surface area contributed by atoms with Gasteiger partial charge in [0.05, 0.1) is 49.0 Å². The van der Waals surface area contributed by atoms with Crippen molar-refractivity contribution in [1.82, 2.24) is 10.6 Å². The van der Waals surface area contributed by atoms with Crippen LogP contribution in [0.1, 0.15) is 153 Å². The zero-order chi connectivity index (χ0) is 42.6. The van der Waals surface area contributed by atoms with Crippen molar-refractivity contribution < 1.29 is 38.1 Å². The number of nitrogens with one attached hydrogen (secondary N) is 2. The minimum atomic E-state index is -2.28. The summed E-state index contributed by atoms with van der Waals surface area (Å²) in [5.41, 5.74) is 1.02. The number of rotatable bonds is 20. The molecule has 0 aliphatic carbocycles. The maximum absolute atomic E-state index is 13.7. The van der Waals surface area contributed by atoms with Crippen molar-refractivity contribution in [3.63, 3.8) is 0 Å². The minimum Gasteiger partial charge on any atom is -0.411 e. The summed E-state index contributed by atoms with van der Waals surface area (Å²) in [5, 5.41) is 16.1. The van der Waals surface area contributed by atoms with Crippen LogP contribution in [-0.4, -0.2) is 86.5 Å². The Balaban J connectivity index is 1.53. The van der Waals surface area contributed by atoms with Gasteiger partial charge in [-0.1, -0.05) is 60.6 Å². The Bertz CT molecular complexity index is 1340. The molecule has 3 rings (SSSR count). The van der Waals surface area contributed by atoms with Crippen LogP contribution in [0.4, 0.5) is 0 Å². The van der Waals surface area contributed by atoms with Gasteiger partial charge in [0, 0.05) is 32.4 Å². The zero-order valence-corrected chi connectivity index (χ0v) is 38.9. The standard InChI is InChI=1S/C46H82N2O8Si/c1-13-16-37(50)28-39-22-20-32(3)41(53-39)29-43(51)48-30-42(56-57(11,12)45(8,9)10)35(6)44(52)47-26-15-18-40-33(4)23-25-46(55-40)24-14-17-38(54-46)21-19-31(2)27-34(5)36(7)49/h13,16,27,31-33,35-36,38-42,49H,14-15,17-26,28-30H2,1-12H3,(H,47,52)(H,48,51)/b16-13+,34-27+/t31-,32+,33-,35+,36-,38-,39+,40+,41-,42-,46-/m0/s1. The van der Waals surface area contributed by atoms with Crippen molar-refractivity contribution in [3.8, 4) is 0 Å². The van der Waals surface area contributed by atoms with Crippen LogP contribution in [0.25, 0.3) is 0 Å². The quantitative estimate of drug-likeness (QED) is 0.0481. The smallest absolute Gasteiger partial charge is 0.225 e. The Kier molecular flexibility index (Phi) is 19.6. The minimum absolute atomic E-state index is 0.0432. The van der Waals surface area contributed by atoms with Crippen LogP contribution in [0.15, 0.2) is 23.8 Å². The van der Waals surface area contributed by atoms with Crippen molar-refractivity contribution in [1.29, 1.82) is 0 Å². The number of aliphatic hydroxyl groups is 1. The third-order valence-corrected chi connectivity index (χ3v) is 17.9. The molecule has 0 bridgehead atoms. The maximum atomic E-state index is 13.7. The highest BCUT2D eigenvalue weighted by atomic mass is 28.4. The Hall–Kier alpha value is -1.89. The van der Waals surface area contributed by atoms with Crippen molar-refractivity contribution in [3.05, 3.63) is 23.8 Å². The third kappa shape index (κ3) is 15.9. The molecule has 0 unspecified atom stereocenters. The fourth-order valence-electron chi connectivity index (χ4n) is 8.19. The second kappa shape index (κ2) is 22.6. The molecule has 3 saturated heterocycles. The summed E-state index contributed by atoms with van der Waals surface area (Å²) in [6.07, 6.45) is 15.4. The highest BCUT2D eigenvalue weighted by Gasteiger charge is 2.45. The molecule has 3 heterocycles. The van der Waals surface area contributed by atoms with Crippen molar-refractivity contribution >= 4 is 25.9 Å². The molecule has 3 N–H and O–H groups in total. The number of amides is 2. The Labute approximate surface area is 347 Å². The molecule has 10 nitrogen and oxygen atoms in total. The van der Waals surface area contributed by atoms with Gasteiger partial charge in [-0.3, -0.25) is 14.4 Å². The lowest BCUT2D eigenvalue weighted by atomic mass is 9.85. The molecule has 0 aromatic carbocycles. The number of hydrogen-bond donors (Lipinski definition) is 3. The van der Waals surface area contributed by atoms with E-state index >= 15 is 0 Å². The molecule has 0 saturated carbocycles. The number of hydrogen-bond acceptors (Lipinski definition) is 8. The Morgan fingerprint density at radius 2 is 1.63 bits per heavy atom. The van der Waals surface area contributed by atoms with Gasteiger partial charge >= 0.3 is 0 Å². The van der Waals surface area contributed by atoms with Gasteiger partial charge in [-0.05, 0) is 126 Å². The summed E-state index contributed by atoms with van der Waals surface area (Å²) in [6, 6.07) is 0. The van der Waals surface area contributed by atoms with Gasteiger partial charge in [0.2, 0.25) is 11.8 Å². The highest BCUT2D eigenvalue weighted by molar-refractivity contribution is 6.74. The summed E-state index contributed by atoms with van der Waals surface area (Å²) >= 11 is 0. The lowest BCUT2D eigenvalue weighted by Gasteiger charge is -2.48. The third-order valence-electron chi connectivity index (χ3n) is 13.4. The number of carbonyl (C=O) groups excluding carboxylic acids is 3. The molecular formula is C46H82N2O8Si. The van der Waals surface area contributed by atoms with Gasteiger partial charge < -0.3 is 34.4 Å². The molecule has 57 heavy (non-hydrogen) atoms. The Morgan fingerprint density at radius 1 is 0.930 bits per heavy atom. The number of carbonyl (C=O) groups is 3. The maximum Gasteiger partial charge on any atom is 0.225 e. The summed E-state index contributed by atoms with van der Waals surface area (Å²) in [5.74, 6) is -0.138. The van der Waals surface area contributed by atoms with Crippen LogP contribution in [0.2, 0.25) is 18.1 Å². The van der Waals surface area contributed by atoms with E-state index in [0.29, 0.717) is 24.8 Å². The van der Waals surface area contributed by atoms with E-state index in [0.717, 1.165) is 76.2 Å². The van der Waals surface area contributed by atoms with Gasteiger partial charge in [0.15, 0.2) is 19.9 Å². The molecule has 0 aromatic heterocycles. The monoisotopic (exact) mass is 819 g/mol. The predicted octanol–water partition coefficient (Wildman–Crippen LogP) is 8.96. The van der Waals surface area contributed by atoms with Crippen LogP contribution in [0.3, 0.4) is 0 Å². The second-order valence-corrected chi connectivity index (χ2v) is 24.3. The average molecular weight is 819 g/mol. The molecule has 328 valence electrons. The van der Waals surface area contributed by atoms with E-state index in [4.69, 9.17) is 18.6 Å². The zero-order valence-electron chi connectivity index (χ0n) is 37.9. The van der Waals surface area contributed by atoms with E-state index in [-0.39, 0.29) is 65.9 Å². The SMILES string of the molecule is C/C=C/C(=O)C[C@H]1CC[C@@H](C)[C@H](CC(=O)NC[C@H](O[Si](C)(C)C(C)(C)C)[C@@H](C)C(=O)NCCC[C@H]2O[C@@]3(CCC[C@@H](CC[C@H](C)/C=C(\C)[C@H](C)O)O3)CC[C@@H]2C)O1. The van der Waals surface area contributed by atoms with Crippen LogP contribution in [0.5, 0.6) is 0 Å². The molecule has 0 radical (unpaired) electrons. The normalized spacial score (nSPS) is 29.8. The summed E-state index contributed by atoms with van der Waals surface area (Å²) in [4.78, 5) is 39.2. The number of aliphatic hydroxyl groups excluding tert-OH is 1. The molecule has 3 aliphatic rings. The van der Waals surface area contributed by atoms with Crippen molar-refractivity contribution in [2.24, 2.45) is 23.7 Å². The average Bonchev–Trinajstić information content (AvgIpc) is 3.13. The Morgan fingerprint density at radius 3 is 2.30 bits per heavy atom. The molecule has 2 amide bonds. The lowest BCUT2D eigenvalue weighted by molar-refractivity contribution is -0.324. The molecule has 11 atom stereocenters. The molecular weight excluding hydrogens is 737 g/mol. The molecule has 0 aromatic rings. The van der Waals surface area contributed by atoms with E-state index in [1.54, 1.807) is 12.2 Å². The van der Waals surface area contributed by atoms with E-state index in [1.807, 2.05) is 27.7 Å². The topological polar surface area (TPSA) is 132 Å². The molecule has 3 fully saturated rings. The van der Waals surface area contributed by atoms with Gasteiger partial charge in [-0.2, -0.15) is 0 Å². The van der Waals surface area contributed by atoms with Crippen LogP contribution < -0.4 is 10.6 Å². The summed E-state index contributed by atoms with van der Waals surface area (Å²) in [7, 11) is -2.28. The van der Waals surface area contributed by atoms with E-state index in [2.05, 4.69) is 71.3 Å². The highest BCUT2D eigenvalue weighted by Crippen LogP contribution is 2.43. The fourth-order valence-corrected chi connectivity index (χ4v) is 9.59. The first kappa shape index (κ1) is 49.5. The second-order valence-electron chi connectivity index (χ2n) is 19.5. The van der Waals surface area contributed by atoms with Crippen molar-refractivity contribution in [2.45, 2.75) is 213 Å². The first-order valence-corrected chi connectivity index (χ1v) is 25.3. The van der Waals surface area contributed by atoms with E-state index in [9.17, 15) is 19.5 Å². The van der Waals surface area contributed by atoms with Crippen LogP contribution in [-0.2, 0) is 33.0 Å². The molecule has 1 spiro atoms. The van der Waals surface area contributed by atoms with Gasteiger partial charge in [-0.15, -0.1) is 0 Å². The number of ether oxygens (including phenoxy) is 3. The van der Waals surface area contributed by atoms with Crippen molar-refractivity contribution in [2.75, 3.05) is 13.1 Å². The number of allylic oxidation sites excluding steroid dienone is 3. The van der Waals surface area contributed by atoms with Crippen LogP contribution in [0, 0.1) is 23.7 Å². The first-order valence-electron chi connectivity index (χ1n) is 22.4.